The van der Waals surface area contributed by atoms with Gasteiger partial charge >= 0.3 is 0 Å². The summed E-state index contributed by atoms with van der Waals surface area (Å²) in [5, 5.41) is 0. The predicted octanol–water partition coefficient (Wildman–Crippen LogP) is 2.05. The summed E-state index contributed by atoms with van der Waals surface area (Å²) in [5.41, 5.74) is 0. The van der Waals surface area contributed by atoms with Crippen molar-refractivity contribution in [3.63, 3.8) is 0 Å². The second kappa shape index (κ2) is 6.74. The van der Waals surface area contributed by atoms with Crippen LogP contribution in [0.15, 0.2) is 36.4 Å². The average Bonchev–Trinajstić information content (AvgIpc) is 1.90. The standard InChI is InChI=1S/C6H6.ClHO2S/c1-2-4-6-5-3-1;1-4(2)3/h1-6H;(H,2,3). The molecule has 0 amide bonds. The van der Waals surface area contributed by atoms with Crippen LogP contribution in [0.5, 0.6) is 0 Å². The maximum absolute atomic E-state index is 8.88. The average molecular weight is 179 g/mol. The third-order valence-corrected chi connectivity index (χ3v) is 0.667. The van der Waals surface area contributed by atoms with Gasteiger partial charge < -0.3 is 0 Å². The summed E-state index contributed by atoms with van der Waals surface area (Å²) in [7, 11) is 2.16. The minimum absolute atomic E-state index is 2.00. The molecule has 0 saturated carbocycles. The van der Waals surface area contributed by atoms with Gasteiger partial charge in [0.1, 0.15) is 0 Å². The maximum Gasteiger partial charge on any atom is 0.253 e. The van der Waals surface area contributed by atoms with Crippen LogP contribution in [0.1, 0.15) is 0 Å². The van der Waals surface area contributed by atoms with E-state index in [2.05, 4.69) is 10.7 Å². The second-order valence-corrected chi connectivity index (χ2v) is 2.57. The van der Waals surface area contributed by atoms with E-state index in [0.717, 1.165) is 0 Å². The highest BCUT2D eigenvalue weighted by Gasteiger charge is 1.65. The number of hydrogen-bond donors (Lipinski definition) is 1. The lowest BCUT2D eigenvalue weighted by atomic mass is 10.4. The molecule has 0 aliphatic heterocycles. The Morgan fingerprint density at radius 2 is 1.10 bits per heavy atom. The Morgan fingerprint density at radius 3 is 1.20 bits per heavy atom. The fraction of sp³-hybridized carbons (Fsp3) is 0. The monoisotopic (exact) mass is 178 g/mol. The first kappa shape index (κ1) is 9.62. The summed E-state index contributed by atoms with van der Waals surface area (Å²) in [4.78, 5) is 0. The zero-order chi connectivity index (χ0) is 7.82. The molecule has 1 rings (SSSR count). The van der Waals surface area contributed by atoms with Crippen LogP contribution in [-0.4, -0.2) is 8.76 Å². The molecule has 0 heterocycles. The van der Waals surface area contributed by atoms with Crippen LogP contribution < -0.4 is 0 Å². The van der Waals surface area contributed by atoms with Crippen molar-refractivity contribution in [2.75, 3.05) is 0 Å². The maximum atomic E-state index is 8.88. The second-order valence-electron chi connectivity index (χ2n) is 1.36. The van der Waals surface area contributed by atoms with Gasteiger partial charge in [0.05, 0.1) is 0 Å². The van der Waals surface area contributed by atoms with Crippen LogP contribution in [-0.2, 0) is 10.3 Å². The lowest BCUT2D eigenvalue weighted by Gasteiger charge is -1.69. The molecule has 0 bridgehead atoms. The molecule has 56 valence electrons. The number of rotatable bonds is 0. The van der Waals surface area contributed by atoms with Gasteiger partial charge in [0.2, 0.25) is 0 Å². The van der Waals surface area contributed by atoms with Crippen molar-refractivity contribution in [3.05, 3.63) is 36.4 Å². The quantitative estimate of drug-likeness (QED) is 0.488. The molecule has 0 aromatic heterocycles. The Labute approximate surface area is 66.6 Å². The van der Waals surface area contributed by atoms with Crippen LogP contribution in [0.4, 0.5) is 0 Å². The Balaban J connectivity index is 0.000000180. The van der Waals surface area contributed by atoms with Crippen molar-refractivity contribution >= 4 is 21.0 Å². The molecular formula is C6H7ClO2S. The van der Waals surface area contributed by atoms with Gasteiger partial charge in [-0.2, -0.15) is 0 Å². The van der Waals surface area contributed by atoms with Gasteiger partial charge in [0, 0.05) is 10.7 Å². The minimum atomic E-state index is -2.14. The first-order chi connectivity index (χ1) is 4.73. The topological polar surface area (TPSA) is 37.3 Å². The van der Waals surface area contributed by atoms with E-state index in [9.17, 15) is 0 Å². The number of benzene rings is 1. The Morgan fingerprint density at radius 1 is 1.00 bits per heavy atom. The van der Waals surface area contributed by atoms with Gasteiger partial charge in [0.15, 0.2) is 0 Å². The van der Waals surface area contributed by atoms with Crippen molar-refractivity contribution in [2.24, 2.45) is 0 Å². The van der Waals surface area contributed by atoms with E-state index in [1.165, 1.54) is 0 Å². The molecule has 1 unspecified atom stereocenters. The van der Waals surface area contributed by atoms with E-state index < -0.39 is 10.3 Å². The van der Waals surface area contributed by atoms with Gasteiger partial charge in [0.25, 0.3) is 10.3 Å². The van der Waals surface area contributed by atoms with Crippen LogP contribution in [0.25, 0.3) is 0 Å². The van der Waals surface area contributed by atoms with Crippen LogP contribution >= 0.6 is 10.7 Å². The first-order valence-electron chi connectivity index (χ1n) is 2.50. The molecule has 10 heavy (non-hydrogen) atoms. The Kier molecular flexibility index (Phi) is 6.48. The zero-order valence-electron chi connectivity index (χ0n) is 5.11. The molecule has 0 spiro atoms. The van der Waals surface area contributed by atoms with Gasteiger partial charge in [-0.05, 0) is 0 Å². The highest BCUT2D eigenvalue weighted by molar-refractivity contribution is 8.03. The normalized spacial score (nSPS) is 11.0. The Bertz CT molecular complexity index is 148. The summed E-state index contributed by atoms with van der Waals surface area (Å²) in [5.74, 6) is 0. The van der Waals surface area contributed by atoms with E-state index >= 15 is 0 Å². The van der Waals surface area contributed by atoms with Gasteiger partial charge in [-0.1, -0.05) is 36.4 Å². The number of hydrogen-bond acceptors (Lipinski definition) is 1. The van der Waals surface area contributed by atoms with Crippen LogP contribution in [0.3, 0.4) is 0 Å². The van der Waals surface area contributed by atoms with Crippen molar-refractivity contribution in [1.82, 2.24) is 0 Å². The molecule has 2 nitrogen and oxygen atoms in total. The zero-order valence-corrected chi connectivity index (χ0v) is 6.68. The molecule has 0 aliphatic rings. The van der Waals surface area contributed by atoms with Crippen LogP contribution in [0, 0.1) is 0 Å². The summed E-state index contributed by atoms with van der Waals surface area (Å²) in [6.45, 7) is 0. The van der Waals surface area contributed by atoms with Crippen molar-refractivity contribution < 1.29 is 8.76 Å². The summed E-state index contributed by atoms with van der Waals surface area (Å²) in [6.07, 6.45) is 0. The van der Waals surface area contributed by atoms with Crippen molar-refractivity contribution in [2.45, 2.75) is 0 Å². The van der Waals surface area contributed by atoms with E-state index in [1.54, 1.807) is 0 Å². The van der Waals surface area contributed by atoms with Gasteiger partial charge in [-0.3, -0.25) is 4.55 Å². The first-order valence-corrected chi connectivity index (χ1v) is 4.44. The fourth-order valence-electron chi connectivity index (χ4n) is 0.385. The molecule has 4 heteroatoms. The fourth-order valence-corrected chi connectivity index (χ4v) is 0.385. The molecule has 0 aliphatic carbocycles. The number of halogens is 1. The van der Waals surface area contributed by atoms with E-state index in [1.807, 2.05) is 36.4 Å². The predicted molar refractivity (Wildman–Crippen MR) is 43.1 cm³/mol. The van der Waals surface area contributed by atoms with Gasteiger partial charge in [-0.25, -0.2) is 4.21 Å². The van der Waals surface area contributed by atoms with Crippen LogP contribution in [0.2, 0.25) is 0 Å². The van der Waals surface area contributed by atoms with Crippen molar-refractivity contribution in [1.29, 1.82) is 0 Å². The highest BCUT2D eigenvalue weighted by atomic mass is 35.7. The smallest absolute Gasteiger partial charge is 0.253 e. The minimum Gasteiger partial charge on any atom is -0.294 e. The molecule has 1 aromatic carbocycles. The highest BCUT2D eigenvalue weighted by Crippen LogP contribution is 1.79. The Hall–Kier alpha value is -0.380. The van der Waals surface area contributed by atoms with Gasteiger partial charge in [-0.15, -0.1) is 0 Å². The van der Waals surface area contributed by atoms with E-state index in [0.29, 0.717) is 0 Å². The van der Waals surface area contributed by atoms with E-state index in [-0.39, 0.29) is 0 Å². The van der Waals surface area contributed by atoms with E-state index in [4.69, 9.17) is 8.76 Å². The lowest BCUT2D eigenvalue weighted by Crippen LogP contribution is -1.60. The largest absolute Gasteiger partial charge is 0.294 e. The third-order valence-electron chi connectivity index (χ3n) is 0.667. The summed E-state index contributed by atoms with van der Waals surface area (Å²) >= 11 is 0. The molecule has 1 atom stereocenters. The third kappa shape index (κ3) is 10.6. The molecule has 1 N–H and O–H groups in total. The molecule has 0 radical (unpaired) electrons. The SMILES string of the molecule is O=S(O)Cl.c1ccccc1. The molecule has 0 fully saturated rings. The molecule has 0 saturated heterocycles. The van der Waals surface area contributed by atoms with Crippen molar-refractivity contribution in [3.8, 4) is 0 Å². The lowest BCUT2D eigenvalue weighted by molar-refractivity contribution is 0.580. The summed E-state index contributed by atoms with van der Waals surface area (Å²) < 4.78 is 16.2. The molecular weight excluding hydrogens is 172 g/mol. The summed E-state index contributed by atoms with van der Waals surface area (Å²) in [6, 6.07) is 12.0. The molecule has 1 aromatic rings.